The first-order valence-electron chi connectivity index (χ1n) is 9.64. The van der Waals surface area contributed by atoms with Gasteiger partial charge in [0.25, 0.3) is 0 Å². The standard InChI is InChI=1S/C20H30N4O2.2ClH/c21-18-7-6-16(10-18)20(26)23-11-14-3-1-4-15(9-14)12-24-8-2-5-17(13-24)19(22)25;;/h1,3-4,9,16-18H,2,5-8,10-13,21H2,(H2,22,25)(H,23,26);2*1H. The van der Waals surface area contributed by atoms with Crippen molar-refractivity contribution in [2.24, 2.45) is 23.3 Å². The van der Waals surface area contributed by atoms with Crippen molar-refractivity contribution in [2.45, 2.75) is 51.2 Å². The van der Waals surface area contributed by atoms with Gasteiger partial charge in [-0.1, -0.05) is 24.3 Å². The van der Waals surface area contributed by atoms with E-state index in [2.05, 4.69) is 22.3 Å². The Kier molecular flexibility index (Phi) is 10.2. The van der Waals surface area contributed by atoms with Gasteiger partial charge in [-0.2, -0.15) is 0 Å². The topological polar surface area (TPSA) is 101 Å². The first-order valence-corrected chi connectivity index (χ1v) is 9.64. The quantitative estimate of drug-likeness (QED) is 0.641. The third-order valence-electron chi connectivity index (χ3n) is 5.62. The van der Waals surface area contributed by atoms with Crippen LogP contribution in [0.1, 0.15) is 43.2 Å². The lowest BCUT2D eigenvalue weighted by atomic mass is 9.97. The second-order valence-corrected chi connectivity index (χ2v) is 7.78. The summed E-state index contributed by atoms with van der Waals surface area (Å²) in [6.45, 7) is 3.08. The molecule has 3 rings (SSSR count). The van der Waals surface area contributed by atoms with Crippen LogP contribution in [0.3, 0.4) is 0 Å². The van der Waals surface area contributed by atoms with E-state index in [-0.39, 0.29) is 54.5 Å². The summed E-state index contributed by atoms with van der Waals surface area (Å²) < 4.78 is 0. The number of amides is 2. The summed E-state index contributed by atoms with van der Waals surface area (Å²) in [6, 6.07) is 8.46. The maximum absolute atomic E-state index is 12.2. The second kappa shape index (κ2) is 11.6. The molecule has 8 heteroatoms. The molecule has 0 radical (unpaired) electrons. The lowest BCUT2D eigenvalue weighted by molar-refractivity contribution is -0.125. The average Bonchev–Trinajstić information content (AvgIpc) is 3.07. The average molecular weight is 431 g/mol. The highest BCUT2D eigenvalue weighted by Gasteiger charge is 2.27. The monoisotopic (exact) mass is 430 g/mol. The fraction of sp³-hybridized carbons (Fsp3) is 0.600. The molecule has 28 heavy (non-hydrogen) atoms. The maximum atomic E-state index is 12.2. The Morgan fingerprint density at radius 3 is 2.54 bits per heavy atom. The molecular formula is C20H32Cl2N4O2. The molecule has 1 aliphatic carbocycles. The molecule has 2 amide bonds. The number of carbonyl (C=O) groups is 2. The van der Waals surface area contributed by atoms with E-state index < -0.39 is 0 Å². The maximum Gasteiger partial charge on any atom is 0.223 e. The normalized spacial score (nSPS) is 24.7. The minimum absolute atomic E-state index is 0. The molecule has 1 aromatic carbocycles. The Hall–Kier alpha value is -1.34. The smallest absolute Gasteiger partial charge is 0.223 e. The minimum Gasteiger partial charge on any atom is -0.369 e. The highest BCUT2D eigenvalue weighted by atomic mass is 35.5. The predicted octanol–water partition coefficient (Wildman–Crippen LogP) is 1.97. The number of nitrogens with zero attached hydrogens (tertiary/aromatic N) is 1. The fourth-order valence-corrected chi connectivity index (χ4v) is 4.12. The first kappa shape index (κ1) is 24.7. The van der Waals surface area contributed by atoms with Crippen molar-refractivity contribution < 1.29 is 9.59 Å². The second-order valence-electron chi connectivity index (χ2n) is 7.78. The summed E-state index contributed by atoms with van der Waals surface area (Å²) in [6.07, 6.45) is 4.52. The molecule has 1 heterocycles. The van der Waals surface area contributed by atoms with Crippen LogP contribution in [0.25, 0.3) is 0 Å². The zero-order chi connectivity index (χ0) is 18.5. The van der Waals surface area contributed by atoms with Crippen molar-refractivity contribution in [3.8, 4) is 0 Å². The van der Waals surface area contributed by atoms with Crippen LogP contribution in [0.15, 0.2) is 24.3 Å². The minimum atomic E-state index is -0.196. The molecule has 3 unspecified atom stereocenters. The number of primary amides is 1. The third-order valence-corrected chi connectivity index (χ3v) is 5.62. The molecule has 0 aromatic heterocycles. The summed E-state index contributed by atoms with van der Waals surface area (Å²) in [7, 11) is 0. The summed E-state index contributed by atoms with van der Waals surface area (Å²) in [5.74, 6) is -0.0576. The molecule has 1 aromatic rings. The predicted molar refractivity (Wildman–Crippen MR) is 115 cm³/mol. The number of piperidine rings is 1. The van der Waals surface area contributed by atoms with Crippen LogP contribution in [0, 0.1) is 11.8 Å². The number of likely N-dealkylation sites (tertiary alicyclic amines) is 1. The fourth-order valence-electron chi connectivity index (χ4n) is 4.12. The van der Waals surface area contributed by atoms with E-state index in [4.69, 9.17) is 11.5 Å². The summed E-state index contributed by atoms with van der Waals surface area (Å²) in [5, 5.41) is 3.05. The molecule has 6 nitrogen and oxygen atoms in total. The van der Waals surface area contributed by atoms with Gasteiger partial charge in [-0.3, -0.25) is 14.5 Å². The van der Waals surface area contributed by atoms with E-state index in [1.165, 1.54) is 5.56 Å². The Morgan fingerprint density at radius 2 is 1.86 bits per heavy atom. The number of benzene rings is 1. The molecule has 1 saturated carbocycles. The summed E-state index contributed by atoms with van der Waals surface area (Å²) in [4.78, 5) is 26.0. The molecule has 5 N–H and O–H groups in total. The van der Waals surface area contributed by atoms with Crippen molar-refractivity contribution in [3.05, 3.63) is 35.4 Å². The highest BCUT2D eigenvalue weighted by molar-refractivity contribution is 5.85. The number of nitrogens with two attached hydrogens (primary N) is 2. The van der Waals surface area contributed by atoms with E-state index in [0.29, 0.717) is 6.54 Å². The molecule has 2 aliphatic rings. The van der Waals surface area contributed by atoms with Crippen LogP contribution >= 0.6 is 24.8 Å². The number of halogens is 2. The molecule has 0 bridgehead atoms. The van der Waals surface area contributed by atoms with Gasteiger partial charge in [0.15, 0.2) is 0 Å². The van der Waals surface area contributed by atoms with E-state index >= 15 is 0 Å². The van der Waals surface area contributed by atoms with E-state index in [1.807, 2.05) is 12.1 Å². The number of carbonyl (C=O) groups excluding carboxylic acids is 2. The van der Waals surface area contributed by atoms with Crippen LogP contribution in [0.4, 0.5) is 0 Å². The van der Waals surface area contributed by atoms with Crippen LogP contribution in [0.5, 0.6) is 0 Å². The van der Waals surface area contributed by atoms with Crippen molar-refractivity contribution in [3.63, 3.8) is 0 Å². The van der Waals surface area contributed by atoms with Crippen molar-refractivity contribution in [2.75, 3.05) is 13.1 Å². The number of nitrogens with one attached hydrogen (secondary N) is 1. The van der Waals surface area contributed by atoms with Gasteiger partial charge in [0, 0.05) is 31.6 Å². The van der Waals surface area contributed by atoms with Gasteiger partial charge in [-0.05, 0) is 49.8 Å². The third kappa shape index (κ3) is 6.92. The van der Waals surface area contributed by atoms with Gasteiger partial charge in [0.2, 0.25) is 11.8 Å². The van der Waals surface area contributed by atoms with Crippen molar-refractivity contribution in [1.29, 1.82) is 0 Å². The zero-order valence-electron chi connectivity index (χ0n) is 16.1. The summed E-state index contributed by atoms with van der Waals surface area (Å²) in [5.41, 5.74) is 13.7. The zero-order valence-corrected chi connectivity index (χ0v) is 17.8. The number of rotatable bonds is 6. The number of hydrogen-bond donors (Lipinski definition) is 3. The van der Waals surface area contributed by atoms with Gasteiger partial charge in [0.1, 0.15) is 0 Å². The van der Waals surface area contributed by atoms with Crippen LogP contribution < -0.4 is 16.8 Å². The van der Waals surface area contributed by atoms with Crippen LogP contribution in [0.2, 0.25) is 0 Å². The Labute approximate surface area is 179 Å². The van der Waals surface area contributed by atoms with Crippen LogP contribution in [-0.4, -0.2) is 35.8 Å². The summed E-state index contributed by atoms with van der Waals surface area (Å²) >= 11 is 0. The molecule has 1 aliphatic heterocycles. The largest absolute Gasteiger partial charge is 0.369 e. The van der Waals surface area contributed by atoms with Gasteiger partial charge < -0.3 is 16.8 Å². The molecule has 2 fully saturated rings. The molecule has 3 atom stereocenters. The van der Waals surface area contributed by atoms with Gasteiger partial charge in [0.05, 0.1) is 5.92 Å². The van der Waals surface area contributed by atoms with Gasteiger partial charge >= 0.3 is 0 Å². The Bertz CT molecular complexity index is 659. The van der Waals surface area contributed by atoms with E-state index in [0.717, 1.165) is 57.3 Å². The van der Waals surface area contributed by atoms with E-state index in [9.17, 15) is 9.59 Å². The van der Waals surface area contributed by atoms with Gasteiger partial charge in [-0.25, -0.2) is 0 Å². The number of hydrogen-bond acceptors (Lipinski definition) is 4. The highest BCUT2D eigenvalue weighted by Crippen LogP contribution is 2.24. The van der Waals surface area contributed by atoms with Crippen molar-refractivity contribution >= 4 is 36.6 Å². The molecular weight excluding hydrogens is 399 g/mol. The van der Waals surface area contributed by atoms with Gasteiger partial charge in [-0.15, -0.1) is 24.8 Å². The Morgan fingerprint density at radius 1 is 1.11 bits per heavy atom. The lowest BCUT2D eigenvalue weighted by Gasteiger charge is -2.31. The lowest BCUT2D eigenvalue weighted by Crippen LogP contribution is -2.40. The van der Waals surface area contributed by atoms with Crippen molar-refractivity contribution in [1.82, 2.24) is 10.2 Å². The van der Waals surface area contributed by atoms with E-state index in [1.54, 1.807) is 0 Å². The molecule has 1 saturated heterocycles. The SMILES string of the molecule is Cl.Cl.NC(=O)C1CCCN(Cc2cccc(CNC(=O)C3CCC(N)C3)c2)C1. The Balaban J connectivity index is 0.00000196. The molecule has 0 spiro atoms. The van der Waals surface area contributed by atoms with Crippen LogP contribution in [-0.2, 0) is 22.7 Å². The first-order chi connectivity index (χ1) is 12.5. The molecule has 158 valence electrons.